The number of nitriles is 1. The van der Waals surface area contributed by atoms with Gasteiger partial charge in [0.1, 0.15) is 11.4 Å². The van der Waals surface area contributed by atoms with Gasteiger partial charge in [-0.05, 0) is 30.7 Å². The van der Waals surface area contributed by atoms with E-state index in [0.29, 0.717) is 28.1 Å². The van der Waals surface area contributed by atoms with E-state index in [1.54, 1.807) is 43.3 Å². The van der Waals surface area contributed by atoms with E-state index in [1.807, 2.05) is 0 Å². The number of aliphatic hydroxyl groups is 1. The van der Waals surface area contributed by atoms with E-state index < -0.39 is 11.4 Å². The summed E-state index contributed by atoms with van der Waals surface area (Å²) in [6.07, 6.45) is 1.53. The third-order valence-corrected chi connectivity index (χ3v) is 5.64. The van der Waals surface area contributed by atoms with Gasteiger partial charge in [0.25, 0.3) is 0 Å². The second-order valence-electron chi connectivity index (χ2n) is 8.02. The fourth-order valence-electron chi connectivity index (χ4n) is 3.67. The lowest BCUT2D eigenvalue weighted by Gasteiger charge is -2.35. The van der Waals surface area contributed by atoms with Crippen LogP contribution in [-0.4, -0.2) is 48.3 Å². The van der Waals surface area contributed by atoms with Crippen LogP contribution >= 0.6 is 0 Å². The van der Waals surface area contributed by atoms with E-state index in [4.69, 9.17) is 10.5 Å². The summed E-state index contributed by atoms with van der Waals surface area (Å²) in [5.74, 6) is -0.956. The van der Waals surface area contributed by atoms with Crippen LogP contribution in [0.15, 0.2) is 42.6 Å². The first-order chi connectivity index (χ1) is 16.4. The first-order valence-electron chi connectivity index (χ1n) is 10.4. The molecule has 1 fully saturated rings. The van der Waals surface area contributed by atoms with Gasteiger partial charge >= 0.3 is 0 Å². The van der Waals surface area contributed by atoms with Crippen LogP contribution in [0, 0.1) is 24.1 Å². The van der Waals surface area contributed by atoms with Crippen LogP contribution in [0.2, 0.25) is 0 Å². The van der Waals surface area contributed by atoms with Crippen molar-refractivity contribution in [2.24, 2.45) is 0 Å². The summed E-state index contributed by atoms with van der Waals surface area (Å²) in [6.45, 7) is 2.41. The minimum atomic E-state index is -1.08. The van der Waals surface area contributed by atoms with E-state index in [9.17, 15) is 14.8 Å². The average Bonchev–Trinajstić information content (AvgIpc) is 3.27. The Labute approximate surface area is 193 Å². The molecule has 3 aromatic heterocycles. The summed E-state index contributed by atoms with van der Waals surface area (Å²) < 4.78 is 21.4. The van der Waals surface area contributed by atoms with E-state index in [-0.39, 0.29) is 42.8 Å². The Morgan fingerprint density at radius 2 is 2.00 bits per heavy atom. The quantitative estimate of drug-likeness (QED) is 0.458. The third-order valence-electron chi connectivity index (χ3n) is 5.64. The molecule has 0 aliphatic carbocycles. The van der Waals surface area contributed by atoms with Crippen LogP contribution in [-0.2, 0) is 16.9 Å². The molecule has 1 aromatic carbocycles. The van der Waals surface area contributed by atoms with Crippen molar-refractivity contribution < 1.29 is 14.2 Å². The molecule has 0 spiro atoms. The Morgan fingerprint density at radius 3 is 2.74 bits per heavy atom. The van der Waals surface area contributed by atoms with Crippen LogP contribution in [0.4, 0.5) is 10.2 Å². The van der Waals surface area contributed by atoms with Crippen LogP contribution in [0.25, 0.3) is 22.8 Å². The molecule has 5 rings (SSSR count). The minimum Gasteiger partial charge on any atom is -0.381 e. The molecule has 34 heavy (non-hydrogen) atoms. The lowest BCUT2D eigenvalue weighted by Crippen LogP contribution is -2.47. The number of nitrogens with two attached hydrogens (primary N) is 1. The third kappa shape index (κ3) is 3.75. The number of nitrogens with zero attached hydrogens (tertiary/aromatic N) is 7. The molecular formula is C23H19FN8O2. The highest BCUT2D eigenvalue weighted by Gasteiger charge is 2.39. The van der Waals surface area contributed by atoms with Crippen LogP contribution in [0.3, 0.4) is 0 Å². The van der Waals surface area contributed by atoms with Crippen molar-refractivity contribution in [1.29, 1.82) is 5.26 Å². The second-order valence-corrected chi connectivity index (χ2v) is 8.02. The van der Waals surface area contributed by atoms with E-state index in [0.717, 1.165) is 0 Å². The molecule has 1 aliphatic heterocycles. The molecule has 4 heterocycles. The highest BCUT2D eigenvalue weighted by molar-refractivity contribution is 5.69. The lowest BCUT2D eigenvalue weighted by molar-refractivity contribution is -0.186. The number of nitrogen functional groups attached to an aromatic ring is 1. The molecule has 11 heteroatoms. The van der Waals surface area contributed by atoms with Crippen LogP contribution in [0.5, 0.6) is 0 Å². The fraction of sp³-hybridized carbons (Fsp3) is 0.217. The van der Waals surface area contributed by atoms with Gasteiger partial charge in [-0.25, -0.2) is 19.0 Å². The second kappa shape index (κ2) is 8.26. The van der Waals surface area contributed by atoms with Crippen molar-refractivity contribution >= 4 is 5.82 Å². The Bertz CT molecular complexity index is 1440. The van der Waals surface area contributed by atoms with Gasteiger partial charge in [0.05, 0.1) is 49.0 Å². The van der Waals surface area contributed by atoms with Crippen molar-refractivity contribution in [3.05, 3.63) is 70.9 Å². The summed E-state index contributed by atoms with van der Waals surface area (Å²) in [5, 5.41) is 27.9. The number of hydrogen-bond donors (Lipinski definition) is 2. The summed E-state index contributed by atoms with van der Waals surface area (Å²) in [7, 11) is 0. The Morgan fingerprint density at radius 1 is 1.21 bits per heavy atom. The molecule has 0 saturated carbocycles. The van der Waals surface area contributed by atoms with Gasteiger partial charge in [0.2, 0.25) is 0 Å². The number of anilines is 1. The molecule has 1 aliphatic rings. The van der Waals surface area contributed by atoms with Crippen molar-refractivity contribution in [3.63, 3.8) is 0 Å². The lowest BCUT2D eigenvalue weighted by atomic mass is 9.97. The van der Waals surface area contributed by atoms with Gasteiger partial charge in [0, 0.05) is 5.56 Å². The number of benzene rings is 1. The molecule has 0 atom stereocenters. The maximum atomic E-state index is 14.9. The molecule has 0 radical (unpaired) electrons. The predicted octanol–water partition coefficient (Wildman–Crippen LogP) is 1.96. The van der Waals surface area contributed by atoms with E-state index >= 15 is 0 Å². The molecule has 4 aromatic rings. The first kappa shape index (κ1) is 21.6. The zero-order chi connectivity index (χ0) is 23.9. The summed E-state index contributed by atoms with van der Waals surface area (Å²) in [5.41, 5.74) is 7.68. The SMILES string of the molecule is Cc1c(C#N)cccc1-c1nc(N)c(F)c(-c2cn(Cc3cccc(C4(O)COC4)n3)nn2)n1. The van der Waals surface area contributed by atoms with Crippen LogP contribution < -0.4 is 5.73 Å². The molecular weight excluding hydrogens is 439 g/mol. The molecule has 0 bridgehead atoms. The average molecular weight is 458 g/mol. The summed E-state index contributed by atoms with van der Waals surface area (Å²) >= 11 is 0. The van der Waals surface area contributed by atoms with Gasteiger partial charge in [0.15, 0.2) is 23.1 Å². The highest BCUT2D eigenvalue weighted by atomic mass is 19.1. The molecule has 0 amide bonds. The maximum Gasteiger partial charge on any atom is 0.193 e. The zero-order valence-electron chi connectivity index (χ0n) is 18.1. The van der Waals surface area contributed by atoms with E-state index in [2.05, 4.69) is 31.3 Å². The van der Waals surface area contributed by atoms with Crippen LogP contribution in [0.1, 0.15) is 22.5 Å². The first-order valence-corrected chi connectivity index (χ1v) is 10.4. The fourth-order valence-corrected chi connectivity index (χ4v) is 3.67. The number of pyridine rings is 1. The molecule has 10 nitrogen and oxygen atoms in total. The molecule has 3 N–H and O–H groups in total. The van der Waals surface area contributed by atoms with Gasteiger partial charge in [-0.15, -0.1) is 5.10 Å². The maximum absolute atomic E-state index is 14.9. The number of halogens is 1. The van der Waals surface area contributed by atoms with Crippen molar-refractivity contribution in [3.8, 4) is 28.8 Å². The van der Waals surface area contributed by atoms with Crippen molar-refractivity contribution in [2.75, 3.05) is 18.9 Å². The normalized spacial score (nSPS) is 14.4. The topological polar surface area (TPSA) is 149 Å². The summed E-state index contributed by atoms with van der Waals surface area (Å²) in [6, 6.07) is 12.6. The molecule has 1 saturated heterocycles. The largest absolute Gasteiger partial charge is 0.381 e. The van der Waals surface area contributed by atoms with Gasteiger partial charge in [-0.1, -0.05) is 23.4 Å². The molecule has 170 valence electrons. The van der Waals surface area contributed by atoms with Crippen molar-refractivity contribution in [1.82, 2.24) is 29.9 Å². The Hall–Kier alpha value is -4.27. The number of hydrogen-bond acceptors (Lipinski definition) is 9. The zero-order valence-corrected chi connectivity index (χ0v) is 18.1. The van der Waals surface area contributed by atoms with E-state index in [1.165, 1.54) is 10.9 Å². The highest BCUT2D eigenvalue weighted by Crippen LogP contribution is 2.29. The molecule has 0 unspecified atom stereocenters. The number of ether oxygens (including phenoxy) is 1. The van der Waals surface area contributed by atoms with Gasteiger partial charge in [-0.2, -0.15) is 5.26 Å². The summed E-state index contributed by atoms with van der Waals surface area (Å²) in [4.78, 5) is 12.9. The monoisotopic (exact) mass is 458 g/mol. The predicted molar refractivity (Wildman–Crippen MR) is 118 cm³/mol. The van der Waals surface area contributed by atoms with Crippen molar-refractivity contribution in [2.45, 2.75) is 19.1 Å². The van der Waals surface area contributed by atoms with Gasteiger partial charge in [-0.3, -0.25) is 4.98 Å². The Kier molecular flexibility index (Phi) is 5.24. The van der Waals surface area contributed by atoms with Gasteiger partial charge < -0.3 is 15.6 Å². The Balaban J connectivity index is 1.47. The minimum absolute atomic E-state index is 0.0989. The number of aromatic nitrogens is 6. The standard InChI is InChI=1S/C23H19FN8O2/c1-13-14(8-25)4-2-6-16(13)22-28-20(19(24)21(26)29-22)17-10-32(31-30-17)9-15-5-3-7-18(27-15)23(33)11-34-12-23/h2-7,10,33H,9,11-12H2,1H3,(H2,26,28,29). The number of rotatable bonds is 5. The smallest absolute Gasteiger partial charge is 0.193 e.